The van der Waals surface area contributed by atoms with Crippen LogP contribution in [-0.4, -0.2) is 60.7 Å². The van der Waals surface area contributed by atoms with Gasteiger partial charge in [0.2, 0.25) is 0 Å². The SMILES string of the molecule is CC(C)OC(=O)[C@H]1C(c2cc[c]([Sn]([CH3])([CH3])[CH3])cc2)C[C@H]2CCC1N2CCF. The molecule has 0 saturated carbocycles. The Morgan fingerprint density at radius 1 is 1.22 bits per heavy atom. The van der Waals surface area contributed by atoms with Gasteiger partial charge in [0.25, 0.3) is 0 Å². The minimum absolute atomic E-state index is 0.108. The van der Waals surface area contributed by atoms with Crippen molar-refractivity contribution >= 4 is 27.9 Å². The number of carbonyl (C=O) groups is 1. The number of alkyl halides is 1. The van der Waals surface area contributed by atoms with Crippen molar-refractivity contribution in [2.45, 2.75) is 72.0 Å². The first kappa shape index (κ1) is 21.1. The second-order valence-corrected chi connectivity index (χ2v) is 23.9. The molecule has 2 saturated heterocycles. The van der Waals surface area contributed by atoms with E-state index < -0.39 is 18.4 Å². The van der Waals surface area contributed by atoms with Crippen LogP contribution in [0.3, 0.4) is 0 Å². The number of rotatable bonds is 6. The molecule has 27 heavy (non-hydrogen) atoms. The summed E-state index contributed by atoms with van der Waals surface area (Å²) in [5.41, 5.74) is 1.25. The van der Waals surface area contributed by atoms with Gasteiger partial charge in [-0.2, -0.15) is 0 Å². The van der Waals surface area contributed by atoms with Crippen molar-refractivity contribution in [1.82, 2.24) is 4.90 Å². The zero-order valence-electron chi connectivity index (χ0n) is 17.4. The van der Waals surface area contributed by atoms with Crippen molar-refractivity contribution in [2.24, 2.45) is 5.92 Å². The normalized spacial score (nSPS) is 28.6. The van der Waals surface area contributed by atoms with Crippen molar-refractivity contribution in [3.63, 3.8) is 0 Å². The summed E-state index contributed by atoms with van der Waals surface area (Å²) < 4.78 is 20.3. The Hall–Kier alpha value is -0.621. The quantitative estimate of drug-likeness (QED) is 0.452. The van der Waals surface area contributed by atoms with Crippen molar-refractivity contribution < 1.29 is 13.9 Å². The average Bonchev–Trinajstić information content (AvgIpc) is 2.85. The predicted molar refractivity (Wildman–Crippen MR) is 111 cm³/mol. The van der Waals surface area contributed by atoms with Gasteiger partial charge in [0, 0.05) is 0 Å². The molecule has 0 N–H and O–H groups in total. The number of halogens is 1. The van der Waals surface area contributed by atoms with Crippen LogP contribution in [0.2, 0.25) is 14.8 Å². The van der Waals surface area contributed by atoms with Crippen LogP contribution in [0.5, 0.6) is 0 Å². The monoisotopic (exact) mass is 483 g/mol. The number of hydrogen-bond acceptors (Lipinski definition) is 3. The van der Waals surface area contributed by atoms with E-state index in [0.717, 1.165) is 19.3 Å². The summed E-state index contributed by atoms with van der Waals surface area (Å²) in [7, 11) is 0. The Morgan fingerprint density at radius 3 is 2.44 bits per heavy atom. The third-order valence-corrected chi connectivity index (χ3v) is 12.1. The number of fused-ring (bicyclic) bond motifs is 2. The van der Waals surface area contributed by atoms with E-state index in [0.29, 0.717) is 12.6 Å². The van der Waals surface area contributed by atoms with Gasteiger partial charge < -0.3 is 0 Å². The van der Waals surface area contributed by atoms with E-state index in [9.17, 15) is 9.18 Å². The van der Waals surface area contributed by atoms with Crippen LogP contribution in [0, 0.1) is 5.92 Å². The van der Waals surface area contributed by atoms with E-state index in [4.69, 9.17) is 4.74 Å². The summed E-state index contributed by atoms with van der Waals surface area (Å²) in [5.74, 6) is -0.126. The van der Waals surface area contributed by atoms with Crippen LogP contribution in [-0.2, 0) is 9.53 Å². The zero-order valence-corrected chi connectivity index (χ0v) is 20.2. The van der Waals surface area contributed by atoms with Gasteiger partial charge in [-0.3, -0.25) is 0 Å². The van der Waals surface area contributed by atoms with Crippen molar-refractivity contribution in [2.75, 3.05) is 13.2 Å². The summed E-state index contributed by atoms with van der Waals surface area (Å²) in [5, 5.41) is 0. The molecule has 0 amide bonds. The fraction of sp³-hybridized carbons (Fsp3) is 0.682. The molecule has 0 spiro atoms. The van der Waals surface area contributed by atoms with Crippen LogP contribution in [0.1, 0.15) is 44.6 Å². The summed E-state index contributed by atoms with van der Waals surface area (Å²) in [6, 6.07) is 9.54. The molecule has 0 aliphatic carbocycles. The molecule has 2 unspecified atom stereocenters. The molecule has 1 aromatic carbocycles. The van der Waals surface area contributed by atoms with Gasteiger partial charge in [0.1, 0.15) is 0 Å². The molecule has 2 bridgehead atoms. The summed E-state index contributed by atoms with van der Waals surface area (Å²) in [6.45, 7) is 3.89. The van der Waals surface area contributed by atoms with Crippen LogP contribution in [0.25, 0.3) is 0 Å². The maximum absolute atomic E-state index is 13.1. The van der Waals surface area contributed by atoms with Crippen LogP contribution in [0.4, 0.5) is 4.39 Å². The molecule has 2 heterocycles. The predicted octanol–water partition coefficient (Wildman–Crippen LogP) is 4.09. The van der Waals surface area contributed by atoms with Gasteiger partial charge in [-0.25, -0.2) is 0 Å². The average molecular weight is 482 g/mol. The third kappa shape index (κ3) is 4.52. The molecular weight excluding hydrogens is 448 g/mol. The van der Waals surface area contributed by atoms with E-state index >= 15 is 0 Å². The molecule has 3 rings (SSSR count). The van der Waals surface area contributed by atoms with Crippen molar-refractivity contribution in [3.8, 4) is 0 Å². The number of hydrogen-bond donors (Lipinski definition) is 0. The fourth-order valence-corrected chi connectivity index (χ4v) is 8.29. The van der Waals surface area contributed by atoms with Crippen molar-refractivity contribution in [1.29, 1.82) is 0 Å². The van der Waals surface area contributed by atoms with Gasteiger partial charge in [-0.1, -0.05) is 0 Å². The van der Waals surface area contributed by atoms with E-state index in [1.54, 1.807) is 0 Å². The van der Waals surface area contributed by atoms with Gasteiger partial charge in [-0.15, -0.1) is 0 Å². The number of esters is 1. The molecule has 3 nitrogen and oxygen atoms in total. The second-order valence-electron chi connectivity index (χ2n) is 9.45. The van der Waals surface area contributed by atoms with E-state index in [2.05, 4.69) is 44.0 Å². The maximum atomic E-state index is 13.1. The number of benzene rings is 1. The van der Waals surface area contributed by atoms with Crippen LogP contribution < -0.4 is 3.58 Å². The molecule has 5 heteroatoms. The van der Waals surface area contributed by atoms with Gasteiger partial charge in [0.15, 0.2) is 0 Å². The van der Waals surface area contributed by atoms with Crippen molar-refractivity contribution in [3.05, 3.63) is 29.8 Å². The molecule has 0 radical (unpaired) electrons. The van der Waals surface area contributed by atoms with Gasteiger partial charge >= 0.3 is 168 Å². The zero-order chi connectivity index (χ0) is 19.8. The fourth-order valence-electron chi connectivity index (χ4n) is 4.96. The first-order valence-corrected chi connectivity index (χ1v) is 20.3. The number of nitrogens with zero attached hydrogens (tertiary/aromatic N) is 1. The Bertz CT molecular complexity index is 655. The second kappa shape index (κ2) is 8.40. The molecular formula is C22H34FNO2Sn. The molecule has 150 valence electrons. The summed E-state index contributed by atoms with van der Waals surface area (Å²) in [6.07, 6.45) is 2.83. The standard InChI is InChI=1S/C19H25FNO2.3CH3.Sn/c1-13(2)23-19(22)18-16(14-6-4-3-5-7-14)12-15-8-9-17(18)21(15)11-10-20;;;;/h4-7,13,15-18H,8-12H2,1-2H3;3*1H3;/t15-,16?,17?,18+;;;;/m1..../s1. The van der Waals surface area contributed by atoms with E-state index in [-0.39, 0.29) is 36.6 Å². The Labute approximate surface area is 167 Å². The van der Waals surface area contributed by atoms with E-state index in [1.807, 2.05) is 13.8 Å². The Kier molecular flexibility index (Phi) is 6.56. The first-order chi connectivity index (χ1) is 12.7. The van der Waals surface area contributed by atoms with Crippen LogP contribution in [0.15, 0.2) is 24.3 Å². The number of piperidine rings is 1. The minimum atomic E-state index is -2.09. The molecule has 2 fully saturated rings. The van der Waals surface area contributed by atoms with Gasteiger partial charge in [-0.05, 0) is 0 Å². The number of carbonyl (C=O) groups excluding carboxylic acids is 1. The molecule has 0 aromatic heterocycles. The molecule has 2 aliphatic heterocycles. The Morgan fingerprint density at radius 2 is 1.89 bits per heavy atom. The first-order valence-electron chi connectivity index (χ1n) is 10.3. The van der Waals surface area contributed by atoms with Crippen LogP contribution >= 0.6 is 0 Å². The summed E-state index contributed by atoms with van der Waals surface area (Å²) in [4.78, 5) is 22.5. The molecule has 4 atom stereocenters. The van der Waals surface area contributed by atoms with E-state index in [1.165, 1.54) is 9.14 Å². The number of ether oxygens (including phenoxy) is 1. The topological polar surface area (TPSA) is 29.5 Å². The van der Waals surface area contributed by atoms with Gasteiger partial charge in [0.05, 0.1) is 0 Å². The summed E-state index contributed by atoms with van der Waals surface area (Å²) >= 11 is -2.09. The third-order valence-electron chi connectivity index (χ3n) is 6.24. The Balaban J connectivity index is 1.91. The molecule has 1 aromatic rings. The molecule has 2 aliphatic rings.